The molecule has 5 heteroatoms. The summed E-state index contributed by atoms with van der Waals surface area (Å²) in [5.74, 6) is -0.409. The summed E-state index contributed by atoms with van der Waals surface area (Å²) in [5, 5.41) is 0.589. The molecule has 126 valence electrons. The number of hydrogen-bond acceptors (Lipinski definition) is 3. The SMILES string of the molecule is CCCCCCOC(=O)C1CCCN1C(=O)c1ccc(Cl)cc1. The Morgan fingerprint density at radius 1 is 1.22 bits per heavy atom. The van der Waals surface area contributed by atoms with Crippen molar-refractivity contribution >= 4 is 23.5 Å². The highest BCUT2D eigenvalue weighted by molar-refractivity contribution is 6.30. The summed E-state index contributed by atoms with van der Waals surface area (Å²) in [5.41, 5.74) is 0.553. The van der Waals surface area contributed by atoms with Gasteiger partial charge in [0.15, 0.2) is 0 Å². The maximum absolute atomic E-state index is 12.6. The minimum atomic E-state index is -0.454. The standard InChI is InChI=1S/C18H24ClNO3/c1-2-3-4-5-13-23-18(22)16-7-6-12-20(16)17(21)14-8-10-15(19)11-9-14/h8-11,16H,2-7,12-13H2,1H3. The van der Waals surface area contributed by atoms with Crippen LogP contribution in [0.4, 0.5) is 0 Å². The van der Waals surface area contributed by atoms with E-state index in [2.05, 4.69) is 6.92 Å². The predicted octanol–water partition coefficient (Wildman–Crippen LogP) is 4.07. The first-order valence-electron chi connectivity index (χ1n) is 8.36. The second-order valence-corrected chi connectivity index (χ2v) is 6.33. The van der Waals surface area contributed by atoms with Gasteiger partial charge in [0, 0.05) is 17.1 Å². The first kappa shape index (κ1) is 17.8. The molecule has 1 unspecified atom stereocenters. The number of esters is 1. The second-order valence-electron chi connectivity index (χ2n) is 5.89. The van der Waals surface area contributed by atoms with E-state index in [0.29, 0.717) is 30.2 Å². The Kier molecular flexibility index (Phi) is 6.90. The molecule has 0 aromatic heterocycles. The van der Waals surface area contributed by atoms with Crippen molar-refractivity contribution < 1.29 is 14.3 Å². The summed E-state index contributed by atoms with van der Waals surface area (Å²) in [6.07, 6.45) is 5.77. The van der Waals surface area contributed by atoms with Gasteiger partial charge in [-0.1, -0.05) is 37.8 Å². The lowest BCUT2D eigenvalue weighted by molar-refractivity contribution is -0.148. The van der Waals surface area contributed by atoms with Gasteiger partial charge < -0.3 is 9.64 Å². The summed E-state index contributed by atoms with van der Waals surface area (Å²) >= 11 is 5.85. The van der Waals surface area contributed by atoms with Gasteiger partial charge >= 0.3 is 5.97 Å². The van der Waals surface area contributed by atoms with Crippen LogP contribution >= 0.6 is 11.6 Å². The maximum Gasteiger partial charge on any atom is 0.328 e. The summed E-state index contributed by atoms with van der Waals surface area (Å²) in [4.78, 5) is 26.4. The third-order valence-electron chi connectivity index (χ3n) is 4.12. The molecule has 1 heterocycles. The molecule has 0 bridgehead atoms. The Hall–Kier alpha value is -1.55. The van der Waals surface area contributed by atoms with Crippen LogP contribution in [-0.4, -0.2) is 36.0 Å². The Labute approximate surface area is 142 Å². The number of benzene rings is 1. The summed E-state index contributed by atoms with van der Waals surface area (Å²) in [7, 11) is 0. The van der Waals surface area contributed by atoms with Crippen molar-refractivity contribution in [1.29, 1.82) is 0 Å². The number of unbranched alkanes of at least 4 members (excludes halogenated alkanes) is 3. The van der Waals surface area contributed by atoms with Gasteiger partial charge in [-0.2, -0.15) is 0 Å². The molecule has 1 aliphatic heterocycles. The average molecular weight is 338 g/mol. The topological polar surface area (TPSA) is 46.6 Å². The first-order valence-corrected chi connectivity index (χ1v) is 8.74. The molecular weight excluding hydrogens is 314 g/mol. The lowest BCUT2D eigenvalue weighted by Gasteiger charge is -2.23. The molecule has 1 fully saturated rings. The van der Waals surface area contributed by atoms with Crippen LogP contribution in [0.15, 0.2) is 24.3 Å². The van der Waals surface area contributed by atoms with E-state index < -0.39 is 6.04 Å². The van der Waals surface area contributed by atoms with E-state index in [1.54, 1.807) is 29.2 Å². The normalized spacial score (nSPS) is 17.3. The minimum Gasteiger partial charge on any atom is -0.464 e. The van der Waals surface area contributed by atoms with E-state index >= 15 is 0 Å². The van der Waals surface area contributed by atoms with Gasteiger partial charge in [0.2, 0.25) is 0 Å². The van der Waals surface area contributed by atoms with Crippen LogP contribution in [0.2, 0.25) is 5.02 Å². The maximum atomic E-state index is 12.6. The first-order chi connectivity index (χ1) is 11.1. The number of carbonyl (C=O) groups excluding carboxylic acids is 2. The van der Waals surface area contributed by atoms with Crippen LogP contribution in [0.25, 0.3) is 0 Å². The summed E-state index contributed by atoms with van der Waals surface area (Å²) in [6.45, 7) is 3.18. The van der Waals surface area contributed by atoms with E-state index in [-0.39, 0.29) is 11.9 Å². The molecule has 1 saturated heterocycles. The minimum absolute atomic E-state index is 0.132. The molecule has 0 spiro atoms. The molecule has 0 aliphatic carbocycles. The fourth-order valence-electron chi connectivity index (χ4n) is 2.81. The number of rotatable bonds is 7. The van der Waals surface area contributed by atoms with Crippen molar-refractivity contribution in [2.45, 2.75) is 51.5 Å². The summed E-state index contributed by atoms with van der Waals surface area (Å²) in [6, 6.07) is 6.30. The molecule has 0 radical (unpaired) electrons. The fraction of sp³-hybridized carbons (Fsp3) is 0.556. The molecule has 1 aliphatic rings. The largest absolute Gasteiger partial charge is 0.464 e. The molecular formula is C18H24ClNO3. The molecule has 0 N–H and O–H groups in total. The van der Waals surface area contributed by atoms with Crippen molar-refractivity contribution in [2.24, 2.45) is 0 Å². The Morgan fingerprint density at radius 2 is 1.96 bits per heavy atom. The van der Waals surface area contributed by atoms with Crippen molar-refractivity contribution in [1.82, 2.24) is 4.90 Å². The zero-order chi connectivity index (χ0) is 16.7. The van der Waals surface area contributed by atoms with Gasteiger partial charge in [0.05, 0.1) is 6.61 Å². The number of ether oxygens (including phenoxy) is 1. The average Bonchev–Trinajstić information content (AvgIpc) is 3.04. The lowest BCUT2D eigenvalue weighted by atomic mass is 10.1. The zero-order valence-electron chi connectivity index (χ0n) is 13.6. The van der Waals surface area contributed by atoms with Gasteiger partial charge in [0.1, 0.15) is 6.04 Å². The summed E-state index contributed by atoms with van der Waals surface area (Å²) < 4.78 is 5.35. The van der Waals surface area contributed by atoms with E-state index in [0.717, 1.165) is 32.1 Å². The van der Waals surface area contributed by atoms with Gasteiger partial charge in [0.25, 0.3) is 5.91 Å². The smallest absolute Gasteiger partial charge is 0.328 e. The van der Waals surface area contributed by atoms with E-state index in [1.807, 2.05) is 0 Å². The van der Waals surface area contributed by atoms with Crippen molar-refractivity contribution in [3.05, 3.63) is 34.9 Å². The third kappa shape index (κ3) is 4.96. The molecule has 1 amide bonds. The van der Waals surface area contributed by atoms with Gasteiger partial charge in [-0.05, 0) is 43.5 Å². The molecule has 1 aromatic carbocycles. The lowest BCUT2D eigenvalue weighted by Crippen LogP contribution is -2.41. The number of likely N-dealkylation sites (tertiary alicyclic amines) is 1. The predicted molar refractivity (Wildman–Crippen MR) is 90.6 cm³/mol. The zero-order valence-corrected chi connectivity index (χ0v) is 14.3. The number of amides is 1. The molecule has 23 heavy (non-hydrogen) atoms. The number of nitrogens with zero attached hydrogens (tertiary/aromatic N) is 1. The molecule has 4 nitrogen and oxygen atoms in total. The van der Waals surface area contributed by atoms with Crippen LogP contribution in [0, 0.1) is 0 Å². The number of hydrogen-bond donors (Lipinski definition) is 0. The van der Waals surface area contributed by atoms with Crippen LogP contribution in [0.5, 0.6) is 0 Å². The number of halogens is 1. The molecule has 0 saturated carbocycles. The van der Waals surface area contributed by atoms with Crippen LogP contribution in [0.1, 0.15) is 55.8 Å². The van der Waals surface area contributed by atoms with Crippen molar-refractivity contribution in [3.8, 4) is 0 Å². The highest BCUT2D eigenvalue weighted by Gasteiger charge is 2.35. The molecule has 1 atom stereocenters. The van der Waals surface area contributed by atoms with Gasteiger partial charge in [-0.25, -0.2) is 4.79 Å². The molecule has 2 rings (SSSR count). The Morgan fingerprint density at radius 3 is 2.65 bits per heavy atom. The quantitative estimate of drug-likeness (QED) is 0.556. The second kappa shape index (κ2) is 8.92. The number of carbonyl (C=O) groups is 2. The highest BCUT2D eigenvalue weighted by Crippen LogP contribution is 2.22. The van der Waals surface area contributed by atoms with E-state index in [1.165, 1.54) is 0 Å². The fourth-order valence-corrected chi connectivity index (χ4v) is 2.94. The van der Waals surface area contributed by atoms with Crippen LogP contribution in [0.3, 0.4) is 0 Å². The molecule has 1 aromatic rings. The van der Waals surface area contributed by atoms with Crippen LogP contribution in [-0.2, 0) is 9.53 Å². The van der Waals surface area contributed by atoms with E-state index in [4.69, 9.17) is 16.3 Å². The van der Waals surface area contributed by atoms with Crippen molar-refractivity contribution in [3.63, 3.8) is 0 Å². The van der Waals surface area contributed by atoms with Crippen LogP contribution < -0.4 is 0 Å². The van der Waals surface area contributed by atoms with Crippen molar-refractivity contribution in [2.75, 3.05) is 13.2 Å². The van der Waals surface area contributed by atoms with Gasteiger partial charge in [-0.3, -0.25) is 4.79 Å². The van der Waals surface area contributed by atoms with Gasteiger partial charge in [-0.15, -0.1) is 0 Å². The monoisotopic (exact) mass is 337 g/mol. The third-order valence-corrected chi connectivity index (χ3v) is 4.37. The Bertz CT molecular complexity index is 530. The highest BCUT2D eigenvalue weighted by atomic mass is 35.5. The van der Waals surface area contributed by atoms with E-state index in [9.17, 15) is 9.59 Å². The Balaban J connectivity index is 1.90.